The average molecular weight is 240 g/mol. The third kappa shape index (κ3) is 2.85. The summed E-state index contributed by atoms with van der Waals surface area (Å²) in [7, 11) is 2.01. The van der Waals surface area contributed by atoms with Crippen molar-refractivity contribution in [2.24, 2.45) is 5.73 Å². The van der Waals surface area contributed by atoms with Crippen LogP contribution in [0, 0.1) is 5.41 Å². The second-order valence-electron chi connectivity index (χ2n) is 4.15. The summed E-state index contributed by atoms with van der Waals surface area (Å²) in [6, 6.07) is 14.0. The molecule has 1 aromatic carbocycles. The molecular weight excluding hydrogens is 224 g/mol. The Morgan fingerprint density at radius 2 is 2.00 bits per heavy atom. The van der Waals surface area contributed by atoms with Crippen LogP contribution in [0.5, 0.6) is 0 Å². The molecule has 0 amide bonds. The van der Waals surface area contributed by atoms with Crippen molar-refractivity contribution >= 4 is 11.5 Å². The summed E-state index contributed by atoms with van der Waals surface area (Å²) in [6.45, 7) is 0.808. The standard InChI is InChI=1S/C14H16N4/c1-18(10-11-5-3-2-4-6-11)12-7-8-17-13(9-12)14(15)16/h2-9H,10H2,1H3,(H3,15,16). The molecule has 0 saturated heterocycles. The number of nitrogens with zero attached hydrogens (tertiary/aromatic N) is 2. The van der Waals surface area contributed by atoms with Crippen LogP contribution in [-0.2, 0) is 6.54 Å². The molecule has 0 fully saturated rings. The van der Waals surface area contributed by atoms with Crippen LogP contribution in [0.15, 0.2) is 48.7 Å². The first-order valence-electron chi connectivity index (χ1n) is 5.72. The minimum absolute atomic E-state index is 0.00930. The smallest absolute Gasteiger partial charge is 0.141 e. The van der Waals surface area contributed by atoms with Crippen LogP contribution in [0.25, 0.3) is 0 Å². The van der Waals surface area contributed by atoms with Crippen LogP contribution in [0.4, 0.5) is 5.69 Å². The van der Waals surface area contributed by atoms with E-state index in [0.717, 1.165) is 12.2 Å². The van der Waals surface area contributed by atoms with Gasteiger partial charge < -0.3 is 10.6 Å². The van der Waals surface area contributed by atoms with Gasteiger partial charge in [-0.1, -0.05) is 30.3 Å². The fourth-order valence-corrected chi connectivity index (χ4v) is 1.75. The first kappa shape index (κ1) is 12.1. The third-order valence-corrected chi connectivity index (χ3v) is 2.72. The Morgan fingerprint density at radius 3 is 2.67 bits per heavy atom. The van der Waals surface area contributed by atoms with Crippen LogP contribution < -0.4 is 10.6 Å². The molecule has 0 saturated carbocycles. The molecule has 2 rings (SSSR count). The van der Waals surface area contributed by atoms with Gasteiger partial charge in [-0.15, -0.1) is 0 Å². The molecule has 0 spiro atoms. The maximum absolute atomic E-state index is 7.39. The molecule has 0 aliphatic rings. The Bertz CT molecular complexity index is 537. The number of nitrogen functional groups attached to an aromatic ring is 1. The van der Waals surface area contributed by atoms with E-state index < -0.39 is 0 Å². The largest absolute Gasteiger partial charge is 0.382 e. The van der Waals surface area contributed by atoms with Crippen molar-refractivity contribution in [1.29, 1.82) is 5.41 Å². The number of hydrogen-bond acceptors (Lipinski definition) is 3. The highest BCUT2D eigenvalue weighted by Gasteiger charge is 2.05. The van der Waals surface area contributed by atoms with Gasteiger partial charge in [-0.2, -0.15) is 0 Å². The van der Waals surface area contributed by atoms with E-state index in [1.807, 2.05) is 37.4 Å². The Hall–Kier alpha value is -2.36. The van der Waals surface area contributed by atoms with Gasteiger partial charge in [-0.25, -0.2) is 0 Å². The van der Waals surface area contributed by atoms with Gasteiger partial charge in [-0.3, -0.25) is 10.4 Å². The van der Waals surface area contributed by atoms with E-state index in [0.29, 0.717) is 5.69 Å². The summed E-state index contributed by atoms with van der Waals surface area (Å²) in [5.41, 5.74) is 8.18. The number of aromatic nitrogens is 1. The molecule has 2 aromatic rings. The molecular formula is C14H16N4. The number of nitrogens with two attached hydrogens (primary N) is 1. The predicted octanol–water partition coefficient (Wildman–Crippen LogP) is 2.00. The van der Waals surface area contributed by atoms with Crippen LogP contribution in [0.3, 0.4) is 0 Å². The van der Waals surface area contributed by atoms with Gasteiger partial charge in [0.1, 0.15) is 11.5 Å². The SMILES string of the molecule is CN(Cc1ccccc1)c1ccnc(C(=N)N)c1. The number of amidine groups is 1. The molecule has 18 heavy (non-hydrogen) atoms. The molecule has 0 atom stereocenters. The highest BCUT2D eigenvalue weighted by molar-refractivity contribution is 5.93. The number of rotatable bonds is 4. The number of nitrogens with one attached hydrogen (secondary N) is 1. The zero-order valence-corrected chi connectivity index (χ0v) is 10.3. The molecule has 0 aliphatic carbocycles. The molecule has 4 nitrogen and oxygen atoms in total. The maximum Gasteiger partial charge on any atom is 0.141 e. The lowest BCUT2D eigenvalue weighted by Crippen LogP contribution is -2.18. The van der Waals surface area contributed by atoms with Gasteiger partial charge in [0.2, 0.25) is 0 Å². The van der Waals surface area contributed by atoms with E-state index in [4.69, 9.17) is 11.1 Å². The highest BCUT2D eigenvalue weighted by Crippen LogP contribution is 2.15. The summed E-state index contributed by atoms with van der Waals surface area (Å²) in [4.78, 5) is 6.15. The van der Waals surface area contributed by atoms with Gasteiger partial charge in [0.15, 0.2) is 0 Å². The molecule has 0 radical (unpaired) electrons. The Morgan fingerprint density at radius 1 is 1.28 bits per heavy atom. The van der Waals surface area contributed by atoms with E-state index in [1.165, 1.54) is 5.56 Å². The lowest BCUT2D eigenvalue weighted by molar-refractivity contribution is 0.920. The molecule has 0 aliphatic heterocycles. The van der Waals surface area contributed by atoms with Crippen LogP contribution in [-0.4, -0.2) is 17.9 Å². The van der Waals surface area contributed by atoms with Crippen LogP contribution >= 0.6 is 0 Å². The first-order chi connectivity index (χ1) is 8.66. The molecule has 1 aromatic heterocycles. The van der Waals surface area contributed by atoms with Crippen molar-refractivity contribution in [2.45, 2.75) is 6.54 Å². The van der Waals surface area contributed by atoms with Gasteiger partial charge in [-0.05, 0) is 17.7 Å². The van der Waals surface area contributed by atoms with Crippen molar-refractivity contribution in [3.63, 3.8) is 0 Å². The molecule has 1 heterocycles. The fourth-order valence-electron chi connectivity index (χ4n) is 1.75. The predicted molar refractivity (Wildman–Crippen MR) is 73.8 cm³/mol. The van der Waals surface area contributed by atoms with Gasteiger partial charge in [0, 0.05) is 25.5 Å². The zero-order valence-electron chi connectivity index (χ0n) is 10.3. The Balaban J connectivity index is 2.16. The van der Waals surface area contributed by atoms with Gasteiger partial charge in [0.25, 0.3) is 0 Å². The quantitative estimate of drug-likeness (QED) is 0.634. The van der Waals surface area contributed by atoms with E-state index in [2.05, 4.69) is 22.0 Å². The minimum atomic E-state index is -0.00930. The van der Waals surface area contributed by atoms with Gasteiger partial charge in [0.05, 0.1) is 0 Å². The summed E-state index contributed by atoms with van der Waals surface area (Å²) < 4.78 is 0. The number of pyridine rings is 1. The van der Waals surface area contributed by atoms with Crippen LogP contribution in [0.2, 0.25) is 0 Å². The van der Waals surface area contributed by atoms with E-state index in [-0.39, 0.29) is 5.84 Å². The van der Waals surface area contributed by atoms with Crippen molar-refractivity contribution in [1.82, 2.24) is 4.98 Å². The maximum atomic E-state index is 7.39. The van der Waals surface area contributed by atoms with Gasteiger partial charge >= 0.3 is 0 Å². The van der Waals surface area contributed by atoms with Crippen LogP contribution in [0.1, 0.15) is 11.3 Å². The highest BCUT2D eigenvalue weighted by atomic mass is 15.1. The number of benzene rings is 1. The van der Waals surface area contributed by atoms with Crippen molar-refractivity contribution in [2.75, 3.05) is 11.9 Å². The minimum Gasteiger partial charge on any atom is -0.382 e. The molecule has 0 bridgehead atoms. The summed E-state index contributed by atoms with van der Waals surface area (Å²) >= 11 is 0. The second kappa shape index (κ2) is 5.31. The fraction of sp³-hybridized carbons (Fsp3) is 0.143. The van der Waals surface area contributed by atoms with Crippen molar-refractivity contribution < 1.29 is 0 Å². The van der Waals surface area contributed by atoms with E-state index in [9.17, 15) is 0 Å². The summed E-state index contributed by atoms with van der Waals surface area (Å²) in [5.74, 6) is -0.00930. The third-order valence-electron chi connectivity index (χ3n) is 2.72. The van der Waals surface area contributed by atoms with E-state index >= 15 is 0 Å². The second-order valence-corrected chi connectivity index (χ2v) is 4.15. The van der Waals surface area contributed by atoms with E-state index in [1.54, 1.807) is 6.20 Å². The molecule has 4 heteroatoms. The lowest BCUT2D eigenvalue weighted by Gasteiger charge is -2.19. The number of anilines is 1. The topological polar surface area (TPSA) is 66.0 Å². The zero-order chi connectivity index (χ0) is 13.0. The Labute approximate surface area is 107 Å². The first-order valence-corrected chi connectivity index (χ1v) is 5.72. The van der Waals surface area contributed by atoms with Crippen molar-refractivity contribution in [3.05, 3.63) is 59.9 Å². The lowest BCUT2D eigenvalue weighted by atomic mass is 10.2. The Kier molecular flexibility index (Phi) is 3.57. The molecule has 3 N–H and O–H groups in total. The normalized spacial score (nSPS) is 10.1. The number of hydrogen-bond donors (Lipinski definition) is 2. The summed E-state index contributed by atoms with van der Waals surface area (Å²) in [6.07, 6.45) is 1.67. The monoisotopic (exact) mass is 240 g/mol. The molecule has 92 valence electrons. The summed E-state index contributed by atoms with van der Waals surface area (Å²) in [5, 5.41) is 7.39. The average Bonchev–Trinajstić information content (AvgIpc) is 2.40. The van der Waals surface area contributed by atoms with Crippen molar-refractivity contribution in [3.8, 4) is 0 Å². The molecule has 0 unspecified atom stereocenters.